The van der Waals surface area contributed by atoms with Gasteiger partial charge in [0.2, 0.25) is 5.91 Å². The van der Waals surface area contributed by atoms with Crippen molar-refractivity contribution in [3.8, 4) is 5.75 Å². The summed E-state index contributed by atoms with van der Waals surface area (Å²) in [6.07, 6.45) is 1.88. The van der Waals surface area contributed by atoms with Crippen molar-refractivity contribution in [1.82, 2.24) is 5.32 Å². The first-order chi connectivity index (χ1) is 14.3. The van der Waals surface area contributed by atoms with E-state index in [2.05, 4.69) is 10.6 Å². The molecule has 0 aliphatic rings. The highest BCUT2D eigenvalue weighted by molar-refractivity contribution is 8.26. The van der Waals surface area contributed by atoms with Crippen molar-refractivity contribution in [3.05, 3.63) is 64.3 Å². The van der Waals surface area contributed by atoms with E-state index in [4.69, 9.17) is 17.3 Å². The van der Waals surface area contributed by atoms with Crippen LogP contribution in [0.1, 0.15) is 22.3 Å². The number of thioether (sulfide) groups is 1. The van der Waals surface area contributed by atoms with Gasteiger partial charge in [-0.05, 0) is 30.3 Å². The summed E-state index contributed by atoms with van der Waals surface area (Å²) in [6.45, 7) is 0.129. The molecule has 0 aromatic heterocycles. The smallest absolute Gasteiger partial charge is 0.337 e. The first-order valence-corrected chi connectivity index (χ1v) is 9.76. The van der Waals surface area contributed by atoms with E-state index >= 15 is 0 Å². The van der Waals surface area contributed by atoms with Gasteiger partial charge in [0.05, 0.1) is 16.2 Å². The molecule has 0 aliphatic heterocycles. The SMILES string of the molecule is O=C/C(=C/c1ccccc1F)SC(=S)NCCC(=O)Nc1ccc(O)cc1C(=O)O. The third kappa shape index (κ3) is 6.98. The second-order valence-corrected chi connectivity index (χ2v) is 7.59. The number of hydrogen-bond acceptors (Lipinski definition) is 6. The standard InChI is InChI=1S/C20H17FN2O5S2/c21-16-4-2-1-3-12(16)9-14(11-24)30-20(29)22-8-7-18(26)23-17-6-5-13(25)10-15(17)19(27)28/h1-6,9-11,25H,7-8H2,(H,22,29)(H,23,26)(H,27,28)/b14-9-. The molecule has 4 N–H and O–H groups in total. The number of carbonyl (C=O) groups is 3. The Morgan fingerprint density at radius 3 is 2.60 bits per heavy atom. The van der Waals surface area contributed by atoms with E-state index in [1.165, 1.54) is 36.4 Å². The maximum atomic E-state index is 13.7. The van der Waals surface area contributed by atoms with Crippen LogP contribution in [0.2, 0.25) is 0 Å². The normalized spacial score (nSPS) is 10.9. The number of carboxylic acid groups (broad SMARTS) is 1. The summed E-state index contributed by atoms with van der Waals surface area (Å²) < 4.78 is 13.9. The van der Waals surface area contributed by atoms with Crippen LogP contribution in [0.15, 0.2) is 47.4 Å². The van der Waals surface area contributed by atoms with Gasteiger partial charge in [0.15, 0.2) is 6.29 Å². The molecule has 0 spiro atoms. The molecule has 2 rings (SSSR count). The van der Waals surface area contributed by atoms with E-state index in [0.717, 1.165) is 17.8 Å². The fraction of sp³-hybridized carbons (Fsp3) is 0.100. The number of allylic oxidation sites excluding steroid dienone is 1. The second-order valence-electron chi connectivity index (χ2n) is 5.84. The predicted octanol–water partition coefficient (Wildman–Crippen LogP) is 3.41. The van der Waals surface area contributed by atoms with Gasteiger partial charge in [0, 0.05) is 18.5 Å². The lowest BCUT2D eigenvalue weighted by atomic mass is 10.1. The van der Waals surface area contributed by atoms with Crippen molar-refractivity contribution < 1.29 is 29.0 Å². The molecule has 7 nitrogen and oxygen atoms in total. The number of phenolic OH excluding ortho intramolecular Hbond substituents is 1. The summed E-state index contributed by atoms with van der Waals surface area (Å²) in [5.41, 5.74) is 0.0621. The molecule has 1 amide bonds. The third-order valence-corrected chi connectivity index (χ3v) is 4.83. The molecule has 30 heavy (non-hydrogen) atoms. The predicted molar refractivity (Wildman–Crippen MR) is 117 cm³/mol. The minimum atomic E-state index is -1.29. The molecule has 2 aromatic carbocycles. The van der Waals surface area contributed by atoms with Gasteiger partial charge in [-0.1, -0.05) is 42.2 Å². The summed E-state index contributed by atoms with van der Waals surface area (Å²) in [5, 5.41) is 23.7. The lowest BCUT2D eigenvalue weighted by Gasteiger charge is -2.10. The van der Waals surface area contributed by atoms with Crippen LogP contribution < -0.4 is 10.6 Å². The van der Waals surface area contributed by atoms with E-state index in [1.807, 2.05) is 0 Å². The lowest BCUT2D eigenvalue weighted by molar-refractivity contribution is -0.116. The molecule has 2 aromatic rings. The van der Waals surface area contributed by atoms with Crippen LogP contribution in [0.4, 0.5) is 10.1 Å². The van der Waals surface area contributed by atoms with Crippen molar-refractivity contribution in [1.29, 1.82) is 0 Å². The number of benzene rings is 2. The number of hydrogen-bond donors (Lipinski definition) is 4. The molecule has 0 aliphatic carbocycles. The Kier molecular flexibility index (Phi) is 8.51. The van der Waals surface area contributed by atoms with Gasteiger partial charge in [-0.15, -0.1) is 0 Å². The van der Waals surface area contributed by atoms with Crippen molar-refractivity contribution in [3.63, 3.8) is 0 Å². The third-order valence-electron chi connectivity index (χ3n) is 3.66. The number of phenols is 1. The molecule has 10 heteroatoms. The van der Waals surface area contributed by atoms with E-state index in [-0.39, 0.29) is 44.8 Å². The molecule has 0 saturated heterocycles. The largest absolute Gasteiger partial charge is 0.508 e. The summed E-state index contributed by atoms with van der Waals surface area (Å²) in [6, 6.07) is 9.55. The quantitative estimate of drug-likeness (QED) is 0.210. The van der Waals surface area contributed by atoms with Crippen LogP contribution in [0.3, 0.4) is 0 Å². The molecular weight excluding hydrogens is 431 g/mol. The number of carbonyl (C=O) groups excluding carboxylic acids is 2. The number of amides is 1. The molecule has 0 unspecified atom stereocenters. The van der Waals surface area contributed by atoms with Gasteiger partial charge in [-0.3, -0.25) is 9.59 Å². The van der Waals surface area contributed by atoms with Crippen molar-refractivity contribution >= 4 is 58.2 Å². The van der Waals surface area contributed by atoms with Crippen molar-refractivity contribution in [2.45, 2.75) is 6.42 Å². The minimum absolute atomic E-state index is 0.0336. The monoisotopic (exact) mass is 448 g/mol. The zero-order valence-corrected chi connectivity index (χ0v) is 17.1. The Morgan fingerprint density at radius 1 is 1.20 bits per heavy atom. The maximum absolute atomic E-state index is 13.7. The van der Waals surface area contributed by atoms with Crippen molar-refractivity contribution in [2.75, 3.05) is 11.9 Å². The summed E-state index contributed by atoms with van der Waals surface area (Å²) >= 11 is 6.04. The number of aldehydes is 1. The van der Waals surface area contributed by atoms with Crippen LogP contribution in [-0.2, 0) is 9.59 Å². The molecule has 0 heterocycles. The molecule has 156 valence electrons. The van der Waals surface area contributed by atoms with Crippen LogP contribution in [-0.4, -0.2) is 39.2 Å². The molecule has 0 saturated carbocycles. The highest BCUT2D eigenvalue weighted by atomic mass is 32.2. The average Bonchev–Trinajstić information content (AvgIpc) is 2.70. The van der Waals surface area contributed by atoms with Gasteiger partial charge >= 0.3 is 5.97 Å². The number of anilines is 1. The van der Waals surface area contributed by atoms with Gasteiger partial charge in [0.1, 0.15) is 15.9 Å². The zero-order valence-electron chi connectivity index (χ0n) is 15.4. The Labute approximate surface area is 181 Å². The topological polar surface area (TPSA) is 116 Å². The Bertz CT molecular complexity index is 1010. The number of nitrogens with one attached hydrogen (secondary N) is 2. The molecule has 0 atom stereocenters. The highest BCUT2D eigenvalue weighted by Gasteiger charge is 2.13. The number of aromatic hydroxyl groups is 1. The van der Waals surface area contributed by atoms with Crippen LogP contribution >= 0.6 is 24.0 Å². The molecular formula is C20H17FN2O5S2. The van der Waals surface area contributed by atoms with Crippen LogP contribution in [0.25, 0.3) is 6.08 Å². The van der Waals surface area contributed by atoms with Crippen LogP contribution in [0.5, 0.6) is 5.75 Å². The van der Waals surface area contributed by atoms with Crippen molar-refractivity contribution in [2.24, 2.45) is 0 Å². The highest BCUT2D eigenvalue weighted by Crippen LogP contribution is 2.22. The van der Waals surface area contributed by atoms with Crippen LogP contribution in [0, 0.1) is 5.82 Å². The fourth-order valence-corrected chi connectivity index (χ4v) is 3.30. The second kappa shape index (κ2) is 11.1. The first kappa shape index (κ1) is 23.0. The summed E-state index contributed by atoms with van der Waals surface area (Å²) in [4.78, 5) is 34.7. The Balaban J connectivity index is 1.87. The van der Waals surface area contributed by atoms with E-state index in [1.54, 1.807) is 6.07 Å². The number of thiocarbonyl (C=S) groups is 1. The lowest BCUT2D eigenvalue weighted by Crippen LogP contribution is -2.25. The number of halogens is 1. The number of rotatable bonds is 8. The van der Waals surface area contributed by atoms with E-state index in [0.29, 0.717) is 6.29 Å². The molecule has 0 fully saturated rings. The fourth-order valence-electron chi connectivity index (χ4n) is 2.29. The number of carboxylic acids is 1. The first-order valence-electron chi connectivity index (χ1n) is 8.53. The average molecular weight is 448 g/mol. The van der Waals surface area contributed by atoms with Gasteiger partial charge in [0.25, 0.3) is 0 Å². The molecule has 0 bridgehead atoms. The number of aromatic carboxylic acids is 1. The maximum Gasteiger partial charge on any atom is 0.337 e. The Hall–Kier alpha value is -3.24. The van der Waals surface area contributed by atoms with E-state index in [9.17, 15) is 23.9 Å². The molecule has 0 radical (unpaired) electrons. The zero-order chi connectivity index (χ0) is 22.1. The van der Waals surface area contributed by atoms with Gasteiger partial charge < -0.3 is 20.8 Å². The summed E-state index contributed by atoms with van der Waals surface area (Å²) in [5.74, 6) is -2.47. The van der Waals surface area contributed by atoms with E-state index < -0.39 is 17.7 Å². The minimum Gasteiger partial charge on any atom is -0.508 e. The Morgan fingerprint density at radius 2 is 1.93 bits per heavy atom. The van der Waals surface area contributed by atoms with Gasteiger partial charge in [-0.2, -0.15) is 0 Å². The summed E-state index contributed by atoms with van der Waals surface area (Å²) in [7, 11) is 0. The van der Waals surface area contributed by atoms with Gasteiger partial charge in [-0.25, -0.2) is 9.18 Å².